The van der Waals surface area contributed by atoms with Crippen LogP contribution in [-0.4, -0.2) is 56.0 Å². The number of nitrogens with zero attached hydrogens (tertiary/aromatic N) is 2. The Labute approximate surface area is 152 Å². The highest BCUT2D eigenvalue weighted by atomic mass is 16.2. The van der Waals surface area contributed by atoms with Gasteiger partial charge in [-0.25, -0.2) is 4.99 Å². The molecule has 0 atom stereocenters. The summed E-state index contributed by atoms with van der Waals surface area (Å²) in [7, 11) is 3.51. The molecule has 0 spiro atoms. The molecule has 0 aliphatic rings. The lowest BCUT2D eigenvalue weighted by Gasteiger charge is -2.21. The molecule has 1 aromatic rings. The van der Waals surface area contributed by atoms with Crippen LogP contribution in [0.25, 0.3) is 0 Å². The molecule has 0 aliphatic carbocycles. The van der Waals surface area contributed by atoms with Gasteiger partial charge in [-0.1, -0.05) is 12.1 Å². The third-order valence-electron chi connectivity index (χ3n) is 3.44. The summed E-state index contributed by atoms with van der Waals surface area (Å²) >= 11 is 0. The zero-order valence-electron chi connectivity index (χ0n) is 16.4. The third kappa shape index (κ3) is 8.54. The van der Waals surface area contributed by atoms with Crippen molar-refractivity contribution in [2.45, 2.75) is 39.8 Å². The van der Waals surface area contributed by atoms with Gasteiger partial charge >= 0.3 is 0 Å². The first-order valence-corrected chi connectivity index (χ1v) is 8.80. The lowest BCUT2D eigenvalue weighted by atomic mass is 10.1. The molecule has 3 N–H and O–H groups in total. The molecule has 0 saturated heterocycles. The number of benzene rings is 1. The molecule has 0 fully saturated rings. The van der Waals surface area contributed by atoms with Gasteiger partial charge in [0, 0.05) is 44.8 Å². The number of nitrogens with one attached hydrogen (secondary N) is 3. The number of amides is 1. The van der Waals surface area contributed by atoms with Gasteiger partial charge in [0.2, 0.25) is 0 Å². The van der Waals surface area contributed by atoms with Crippen molar-refractivity contribution in [2.24, 2.45) is 4.99 Å². The summed E-state index contributed by atoms with van der Waals surface area (Å²) in [6, 6.07) is 7.59. The molecule has 1 aromatic carbocycles. The van der Waals surface area contributed by atoms with Crippen molar-refractivity contribution in [2.75, 3.05) is 33.7 Å². The molecule has 1 amide bonds. The van der Waals surface area contributed by atoms with Gasteiger partial charge in [0.1, 0.15) is 0 Å². The second kappa shape index (κ2) is 10.0. The number of carbonyl (C=O) groups excluding carboxylic acids is 1. The topological polar surface area (TPSA) is 68.8 Å². The first-order valence-electron chi connectivity index (χ1n) is 8.80. The minimum atomic E-state index is 0.0106. The van der Waals surface area contributed by atoms with Crippen LogP contribution in [0.1, 0.15) is 43.6 Å². The fraction of sp³-hybridized carbons (Fsp3) is 0.579. The molecule has 0 bridgehead atoms. The summed E-state index contributed by atoms with van der Waals surface area (Å²) in [5.41, 5.74) is 1.87. The summed E-state index contributed by atoms with van der Waals surface area (Å²) < 4.78 is 0. The predicted molar refractivity (Wildman–Crippen MR) is 105 cm³/mol. The van der Waals surface area contributed by atoms with Crippen molar-refractivity contribution in [3.63, 3.8) is 0 Å². The number of hydrogen-bond donors (Lipinski definition) is 3. The third-order valence-corrected chi connectivity index (χ3v) is 3.44. The molecule has 1 rings (SSSR count). The molecule has 0 unspecified atom stereocenters. The Hall–Kier alpha value is -2.08. The second-order valence-corrected chi connectivity index (χ2v) is 7.20. The Bertz CT molecular complexity index is 558. The van der Waals surface area contributed by atoms with Gasteiger partial charge in [-0.15, -0.1) is 0 Å². The van der Waals surface area contributed by atoms with E-state index in [2.05, 4.69) is 41.7 Å². The van der Waals surface area contributed by atoms with E-state index in [1.807, 2.05) is 31.2 Å². The van der Waals surface area contributed by atoms with Crippen LogP contribution in [0.4, 0.5) is 0 Å². The van der Waals surface area contributed by atoms with Crippen LogP contribution in [0.2, 0.25) is 0 Å². The Balaban J connectivity index is 2.57. The Morgan fingerprint density at radius 1 is 1.08 bits per heavy atom. The van der Waals surface area contributed by atoms with E-state index in [0.717, 1.165) is 31.2 Å². The zero-order valence-corrected chi connectivity index (χ0v) is 16.4. The largest absolute Gasteiger partial charge is 0.357 e. The van der Waals surface area contributed by atoms with Crippen molar-refractivity contribution in [1.82, 2.24) is 20.9 Å². The Morgan fingerprint density at radius 2 is 1.72 bits per heavy atom. The van der Waals surface area contributed by atoms with E-state index in [9.17, 15) is 4.79 Å². The van der Waals surface area contributed by atoms with Crippen LogP contribution in [0, 0.1) is 0 Å². The molecule has 6 nitrogen and oxygen atoms in total. The molecular formula is C19H33N5O. The summed E-state index contributed by atoms with van der Waals surface area (Å²) in [6.45, 7) is 11.6. The van der Waals surface area contributed by atoms with Crippen molar-refractivity contribution in [1.29, 1.82) is 0 Å². The highest BCUT2D eigenvalue weighted by Gasteiger charge is 2.08. The normalized spacial score (nSPS) is 12.0. The van der Waals surface area contributed by atoms with Gasteiger partial charge in [0.05, 0.1) is 6.54 Å². The highest BCUT2D eigenvalue weighted by molar-refractivity contribution is 5.93. The van der Waals surface area contributed by atoms with Gasteiger partial charge < -0.3 is 20.9 Å². The maximum Gasteiger partial charge on any atom is 0.253 e. The molecular weight excluding hydrogens is 314 g/mol. The van der Waals surface area contributed by atoms with Gasteiger partial charge in [-0.2, -0.15) is 0 Å². The highest BCUT2D eigenvalue weighted by Crippen LogP contribution is 2.07. The second-order valence-electron chi connectivity index (χ2n) is 7.20. The molecule has 0 aliphatic heterocycles. The average molecular weight is 348 g/mol. The lowest BCUT2D eigenvalue weighted by Crippen LogP contribution is -2.44. The number of aliphatic imine (C=N–C) groups is 1. The van der Waals surface area contributed by atoms with Crippen LogP contribution < -0.4 is 16.0 Å². The fourth-order valence-corrected chi connectivity index (χ4v) is 2.14. The van der Waals surface area contributed by atoms with Crippen molar-refractivity contribution >= 4 is 11.9 Å². The van der Waals surface area contributed by atoms with E-state index >= 15 is 0 Å². The molecule has 0 saturated carbocycles. The smallest absolute Gasteiger partial charge is 0.253 e. The lowest BCUT2D eigenvalue weighted by molar-refractivity contribution is 0.0827. The summed E-state index contributed by atoms with van der Waals surface area (Å²) in [5, 5.41) is 10.0. The van der Waals surface area contributed by atoms with Crippen molar-refractivity contribution in [3.8, 4) is 0 Å². The average Bonchev–Trinajstić information content (AvgIpc) is 2.55. The first-order chi connectivity index (χ1) is 11.7. The van der Waals surface area contributed by atoms with E-state index in [1.165, 1.54) is 0 Å². The number of rotatable bonds is 7. The monoisotopic (exact) mass is 347 g/mol. The van der Waals surface area contributed by atoms with Crippen LogP contribution in [0.5, 0.6) is 0 Å². The van der Waals surface area contributed by atoms with E-state index in [4.69, 9.17) is 0 Å². The number of guanidine groups is 1. The number of hydrogen-bond acceptors (Lipinski definition) is 3. The fourth-order valence-electron chi connectivity index (χ4n) is 2.14. The molecule has 0 heterocycles. The van der Waals surface area contributed by atoms with Crippen molar-refractivity contribution in [3.05, 3.63) is 35.4 Å². The standard InChI is InChI=1S/C19H33N5O/c1-7-20-18(21-12-13-23-19(2,3)4)22-14-15-8-10-16(11-9-15)17(25)24(5)6/h8-11,23H,7,12-14H2,1-6H3,(H2,20,21,22). The summed E-state index contributed by atoms with van der Waals surface area (Å²) in [5.74, 6) is 0.808. The predicted octanol–water partition coefficient (Wildman–Crippen LogP) is 1.83. The Kier molecular flexibility index (Phi) is 8.41. The minimum Gasteiger partial charge on any atom is -0.357 e. The maximum atomic E-state index is 11.9. The van der Waals surface area contributed by atoms with Crippen LogP contribution in [0.15, 0.2) is 29.3 Å². The SMILES string of the molecule is CCNC(=NCc1ccc(C(=O)N(C)C)cc1)NCCNC(C)(C)C. The van der Waals surface area contributed by atoms with Crippen LogP contribution >= 0.6 is 0 Å². The van der Waals surface area contributed by atoms with E-state index in [0.29, 0.717) is 12.1 Å². The van der Waals surface area contributed by atoms with Crippen molar-refractivity contribution < 1.29 is 4.79 Å². The Morgan fingerprint density at radius 3 is 2.24 bits per heavy atom. The van der Waals surface area contributed by atoms with Gasteiger partial charge in [0.25, 0.3) is 5.91 Å². The van der Waals surface area contributed by atoms with E-state index < -0.39 is 0 Å². The van der Waals surface area contributed by atoms with Crippen LogP contribution in [0.3, 0.4) is 0 Å². The zero-order chi connectivity index (χ0) is 18.9. The summed E-state index contributed by atoms with van der Waals surface area (Å²) in [6.07, 6.45) is 0. The molecule has 0 radical (unpaired) electrons. The number of carbonyl (C=O) groups is 1. The maximum absolute atomic E-state index is 11.9. The molecule has 140 valence electrons. The van der Waals surface area contributed by atoms with Crippen LogP contribution in [-0.2, 0) is 6.54 Å². The quantitative estimate of drug-likeness (QED) is 0.400. The summed E-state index contributed by atoms with van der Waals surface area (Å²) in [4.78, 5) is 18.1. The van der Waals surface area contributed by atoms with E-state index in [1.54, 1.807) is 19.0 Å². The van der Waals surface area contributed by atoms with Gasteiger partial charge in [0.15, 0.2) is 5.96 Å². The first kappa shape index (κ1) is 21.0. The molecule has 25 heavy (non-hydrogen) atoms. The van der Waals surface area contributed by atoms with Gasteiger partial charge in [-0.3, -0.25) is 4.79 Å². The van der Waals surface area contributed by atoms with E-state index in [-0.39, 0.29) is 11.4 Å². The molecule has 6 heteroatoms. The minimum absolute atomic E-state index is 0.0106. The van der Waals surface area contributed by atoms with Gasteiger partial charge in [-0.05, 0) is 45.4 Å². The molecule has 0 aromatic heterocycles.